The molecule has 1 aromatic rings. The highest BCUT2D eigenvalue weighted by molar-refractivity contribution is 5.95. The minimum Gasteiger partial charge on any atom is -0.481 e. The summed E-state index contributed by atoms with van der Waals surface area (Å²) in [6.07, 6.45) is 0.966. The third kappa shape index (κ3) is 3.51. The van der Waals surface area contributed by atoms with E-state index in [-0.39, 0.29) is 5.91 Å². The molecule has 0 spiro atoms. The summed E-state index contributed by atoms with van der Waals surface area (Å²) in [5, 5.41) is 12.2. The molecule has 0 aliphatic heterocycles. The monoisotopic (exact) mass is 287 g/mol. The van der Waals surface area contributed by atoms with Gasteiger partial charge in [-0.15, -0.1) is 0 Å². The number of benzene rings is 1. The van der Waals surface area contributed by atoms with Crippen molar-refractivity contribution in [2.75, 3.05) is 5.32 Å². The summed E-state index contributed by atoms with van der Waals surface area (Å²) >= 11 is 0. The minimum atomic E-state index is -0.897. The van der Waals surface area contributed by atoms with E-state index in [1.54, 1.807) is 0 Å². The van der Waals surface area contributed by atoms with E-state index in [0.29, 0.717) is 18.5 Å². The maximum Gasteiger partial charge on any atom is 0.307 e. The van der Waals surface area contributed by atoms with Crippen LogP contribution in [0.2, 0.25) is 0 Å². The van der Waals surface area contributed by atoms with Gasteiger partial charge >= 0.3 is 5.97 Å². The van der Waals surface area contributed by atoms with E-state index < -0.39 is 17.8 Å². The Kier molecular flexibility index (Phi) is 4.46. The molecule has 4 heteroatoms. The molecule has 1 amide bonds. The molecule has 0 bridgehead atoms. The fraction of sp³-hybridized carbons (Fsp3) is 0.412. The average Bonchev–Trinajstić information content (AvgIpc) is 2.41. The molecule has 0 aromatic heterocycles. The van der Waals surface area contributed by atoms with E-state index in [9.17, 15) is 14.7 Å². The van der Waals surface area contributed by atoms with Gasteiger partial charge in [0.1, 0.15) is 0 Å². The summed E-state index contributed by atoms with van der Waals surface area (Å²) in [6.45, 7) is 5.87. The quantitative estimate of drug-likeness (QED) is 0.837. The van der Waals surface area contributed by atoms with E-state index in [0.717, 1.165) is 16.7 Å². The van der Waals surface area contributed by atoms with Crippen LogP contribution in [0.3, 0.4) is 0 Å². The van der Waals surface area contributed by atoms with Crippen molar-refractivity contribution < 1.29 is 14.7 Å². The smallest absolute Gasteiger partial charge is 0.307 e. The number of carboxylic acid groups (broad SMARTS) is 1. The number of hydrogen-bond donors (Lipinski definition) is 2. The fourth-order valence-electron chi connectivity index (χ4n) is 2.79. The lowest BCUT2D eigenvalue weighted by Crippen LogP contribution is -2.36. The van der Waals surface area contributed by atoms with Gasteiger partial charge in [0.25, 0.3) is 0 Å². The predicted octanol–water partition coefficient (Wildman–Crippen LogP) is 3.38. The van der Waals surface area contributed by atoms with Crippen molar-refractivity contribution in [3.05, 3.63) is 41.0 Å². The number of aliphatic carboxylic acids is 1. The van der Waals surface area contributed by atoms with Crippen LogP contribution in [-0.2, 0) is 9.59 Å². The fourth-order valence-corrected chi connectivity index (χ4v) is 2.79. The number of hydrogen-bond acceptors (Lipinski definition) is 2. The van der Waals surface area contributed by atoms with E-state index in [2.05, 4.69) is 5.32 Å². The maximum atomic E-state index is 12.4. The molecule has 4 nitrogen and oxygen atoms in total. The zero-order valence-corrected chi connectivity index (χ0v) is 12.6. The first-order valence-corrected chi connectivity index (χ1v) is 7.14. The average molecular weight is 287 g/mol. The Morgan fingerprint density at radius 3 is 2.29 bits per heavy atom. The standard InChI is InChI=1S/C17H21NO3/c1-10-5-4-6-13(7-10)18-16(19)14-8-11(2)12(3)9-15(14)17(20)21/h4-7,14-15H,8-9H2,1-3H3,(H,18,19)(H,20,21)/t14-,15+/m1/s1. The summed E-state index contributed by atoms with van der Waals surface area (Å²) in [7, 11) is 0. The third-order valence-electron chi connectivity index (χ3n) is 4.21. The van der Waals surface area contributed by atoms with Gasteiger partial charge in [-0.05, 0) is 51.3 Å². The Morgan fingerprint density at radius 1 is 1.10 bits per heavy atom. The molecule has 0 radical (unpaired) electrons. The molecule has 1 aromatic carbocycles. The molecule has 0 fully saturated rings. The second-order valence-corrected chi connectivity index (χ2v) is 5.88. The van der Waals surface area contributed by atoms with Crippen LogP contribution in [0.4, 0.5) is 5.69 Å². The highest BCUT2D eigenvalue weighted by Crippen LogP contribution is 2.35. The van der Waals surface area contributed by atoms with Crippen molar-refractivity contribution in [3.8, 4) is 0 Å². The molecule has 2 N–H and O–H groups in total. The SMILES string of the molecule is CC1=C(C)C[C@@H](C(=O)Nc2cccc(C)c2)[C@@H](C(=O)O)C1. The van der Waals surface area contributed by atoms with Crippen LogP contribution in [0, 0.1) is 18.8 Å². The van der Waals surface area contributed by atoms with Crippen LogP contribution in [0.1, 0.15) is 32.3 Å². The molecule has 112 valence electrons. The number of carbonyl (C=O) groups is 2. The van der Waals surface area contributed by atoms with Gasteiger partial charge in [0.2, 0.25) is 5.91 Å². The van der Waals surface area contributed by atoms with E-state index in [1.807, 2.05) is 45.0 Å². The Balaban J connectivity index is 2.18. The number of aryl methyl sites for hydroxylation is 1. The molecule has 21 heavy (non-hydrogen) atoms. The summed E-state index contributed by atoms with van der Waals surface area (Å²) in [4.78, 5) is 23.9. The lowest BCUT2D eigenvalue weighted by molar-refractivity contribution is -0.146. The van der Waals surface area contributed by atoms with Crippen LogP contribution in [0.15, 0.2) is 35.4 Å². The second kappa shape index (κ2) is 6.12. The molecule has 0 heterocycles. The number of anilines is 1. The van der Waals surface area contributed by atoms with Gasteiger partial charge in [-0.3, -0.25) is 9.59 Å². The molecule has 0 saturated carbocycles. The predicted molar refractivity (Wildman–Crippen MR) is 82.0 cm³/mol. The summed E-state index contributed by atoms with van der Waals surface area (Å²) in [5.74, 6) is -2.25. The largest absolute Gasteiger partial charge is 0.481 e. The topological polar surface area (TPSA) is 66.4 Å². The number of nitrogens with one attached hydrogen (secondary N) is 1. The second-order valence-electron chi connectivity index (χ2n) is 5.88. The van der Waals surface area contributed by atoms with Crippen LogP contribution in [0.25, 0.3) is 0 Å². The zero-order chi connectivity index (χ0) is 15.6. The van der Waals surface area contributed by atoms with Gasteiger partial charge in [-0.1, -0.05) is 23.3 Å². The van der Waals surface area contributed by atoms with Crippen molar-refractivity contribution >= 4 is 17.6 Å². The molecular weight excluding hydrogens is 266 g/mol. The first kappa shape index (κ1) is 15.3. The van der Waals surface area contributed by atoms with Crippen molar-refractivity contribution in [3.63, 3.8) is 0 Å². The number of rotatable bonds is 3. The Labute approximate surface area is 124 Å². The maximum absolute atomic E-state index is 12.4. The lowest BCUT2D eigenvalue weighted by Gasteiger charge is -2.29. The third-order valence-corrected chi connectivity index (χ3v) is 4.21. The van der Waals surface area contributed by atoms with Gasteiger partial charge in [0, 0.05) is 5.69 Å². The molecular formula is C17H21NO3. The van der Waals surface area contributed by atoms with Gasteiger partial charge in [-0.25, -0.2) is 0 Å². The molecule has 1 aliphatic carbocycles. The normalized spacial score (nSPS) is 22.0. The van der Waals surface area contributed by atoms with Crippen LogP contribution in [0.5, 0.6) is 0 Å². The number of carboxylic acids is 1. The van der Waals surface area contributed by atoms with Crippen molar-refractivity contribution in [1.82, 2.24) is 0 Å². The van der Waals surface area contributed by atoms with Gasteiger partial charge < -0.3 is 10.4 Å². The molecule has 2 rings (SSSR count). The number of allylic oxidation sites excluding steroid dienone is 2. The number of amides is 1. The van der Waals surface area contributed by atoms with Crippen molar-refractivity contribution in [2.24, 2.45) is 11.8 Å². The first-order chi connectivity index (χ1) is 9.88. The van der Waals surface area contributed by atoms with Gasteiger partial charge in [0.05, 0.1) is 11.8 Å². The molecule has 1 aliphatic rings. The summed E-state index contributed by atoms with van der Waals surface area (Å²) < 4.78 is 0. The van der Waals surface area contributed by atoms with Crippen LogP contribution >= 0.6 is 0 Å². The molecule has 2 atom stereocenters. The Hall–Kier alpha value is -2.10. The molecule has 0 saturated heterocycles. The number of carbonyl (C=O) groups excluding carboxylic acids is 1. The van der Waals surface area contributed by atoms with Crippen LogP contribution < -0.4 is 5.32 Å². The first-order valence-electron chi connectivity index (χ1n) is 7.14. The van der Waals surface area contributed by atoms with Crippen molar-refractivity contribution in [1.29, 1.82) is 0 Å². The van der Waals surface area contributed by atoms with Gasteiger partial charge in [0.15, 0.2) is 0 Å². The summed E-state index contributed by atoms with van der Waals surface area (Å²) in [5.41, 5.74) is 3.98. The Bertz CT molecular complexity index is 604. The molecule has 0 unspecified atom stereocenters. The van der Waals surface area contributed by atoms with Crippen molar-refractivity contribution in [2.45, 2.75) is 33.6 Å². The van der Waals surface area contributed by atoms with Crippen LogP contribution in [-0.4, -0.2) is 17.0 Å². The highest BCUT2D eigenvalue weighted by atomic mass is 16.4. The van der Waals surface area contributed by atoms with E-state index in [4.69, 9.17) is 0 Å². The lowest BCUT2D eigenvalue weighted by atomic mass is 9.76. The van der Waals surface area contributed by atoms with Gasteiger partial charge in [-0.2, -0.15) is 0 Å². The van der Waals surface area contributed by atoms with E-state index in [1.165, 1.54) is 0 Å². The highest BCUT2D eigenvalue weighted by Gasteiger charge is 2.37. The Morgan fingerprint density at radius 2 is 1.71 bits per heavy atom. The summed E-state index contributed by atoms with van der Waals surface area (Å²) in [6, 6.07) is 7.52. The zero-order valence-electron chi connectivity index (χ0n) is 12.6. The van der Waals surface area contributed by atoms with E-state index >= 15 is 0 Å². The minimum absolute atomic E-state index is 0.208.